The first-order valence-corrected chi connectivity index (χ1v) is 7.69. The van der Waals surface area contributed by atoms with E-state index in [0.717, 1.165) is 18.6 Å². The van der Waals surface area contributed by atoms with Crippen LogP contribution in [0.3, 0.4) is 0 Å². The van der Waals surface area contributed by atoms with E-state index in [1.807, 2.05) is 36.4 Å². The summed E-state index contributed by atoms with van der Waals surface area (Å²) in [7, 11) is 0. The Kier molecular flexibility index (Phi) is 6.11. The van der Waals surface area contributed by atoms with Crippen molar-refractivity contribution >= 4 is 17.2 Å². The molecule has 0 radical (unpaired) electrons. The second-order valence-corrected chi connectivity index (χ2v) is 5.48. The molecule has 0 spiro atoms. The number of thiophene rings is 1. The van der Waals surface area contributed by atoms with Crippen molar-refractivity contribution in [3.63, 3.8) is 0 Å². The number of para-hydroxylation sites is 1. The van der Waals surface area contributed by atoms with E-state index in [4.69, 9.17) is 4.74 Å². The Morgan fingerprint density at radius 1 is 1.15 bits per heavy atom. The van der Waals surface area contributed by atoms with Gasteiger partial charge in [-0.05, 0) is 36.4 Å². The summed E-state index contributed by atoms with van der Waals surface area (Å²) in [5.74, 6) is 0.948. The zero-order chi connectivity index (χ0) is 14.0. The van der Waals surface area contributed by atoms with Crippen molar-refractivity contribution in [2.75, 3.05) is 13.2 Å². The van der Waals surface area contributed by atoms with Crippen molar-refractivity contribution in [1.29, 1.82) is 0 Å². The van der Waals surface area contributed by atoms with Crippen LogP contribution in [0.5, 0.6) is 5.75 Å². The maximum Gasteiger partial charge on any atom is 0.220 e. The number of rotatable bonds is 8. The fourth-order valence-electron chi connectivity index (χ4n) is 1.81. The van der Waals surface area contributed by atoms with Crippen molar-refractivity contribution < 1.29 is 9.53 Å². The first-order valence-electron chi connectivity index (χ1n) is 6.81. The topological polar surface area (TPSA) is 38.3 Å². The minimum atomic E-state index is 0.0956. The van der Waals surface area contributed by atoms with Crippen LogP contribution in [-0.2, 0) is 11.2 Å². The lowest BCUT2D eigenvalue weighted by molar-refractivity contribution is -0.121. The predicted octanol–water partition coefficient (Wildman–Crippen LogP) is 3.27. The number of carbonyl (C=O) groups is 1. The van der Waals surface area contributed by atoms with Gasteiger partial charge in [0, 0.05) is 17.8 Å². The molecule has 0 fully saturated rings. The number of nitrogens with one attached hydrogen (secondary N) is 1. The van der Waals surface area contributed by atoms with E-state index in [2.05, 4.69) is 16.8 Å². The van der Waals surface area contributed by atoms with E-state index in [-0.39, 0.29) is 5.91 Å². The van der Waals surface area contributed by atoms with Gasteiger partial charge in [0.25, 0.3) is 0 Å². The van der Waals surface area contributed by atoms with Crippen molar-refractivity contribution in [3.8, 4) is 5.75 Å². The van der Waals surface area contributed by atoms with Crippen molar-refractivity contribution in [1.82, 2.24) is 5.32 Å². The largest absolute Gasteiger partial charge is 0.494 e. The third-order valence-electron chi connectivity index (χ3n) is 2.83. The molecule has 0 aliphatic rings. The molecule has 2 aromatic rings. The summed E-state index contributed by atoms with van der Waals surface area (Å²) in [4.78, 5) is 12.9. The van der Waals surface area contributed by atoms with Gasteiger partial charge in [0.2, 0.25) is 5.91 Å². The average molecular weight is 289 g/mol. The predicted molar refractivity (Wildman–Crippen MR) is 82.2 cm³/mol. The van der Waals surface area contributed by atoms with E-state index < -0.39 is 0 Å². The summed E-state index contributed by atoms with van der Waals surface area (Å²) in [6.07, 6.45) is 2.15. The lowest BCUT2D eigenvalue weighted by Gasteiger charge is -2.06. The summed E-state index contributed by atoms with van der Waals surface area (Å²) in [6, 6.07) is 13.8. The maximum absolute atomic E-state index is 11.6. The monoisotopic (exact) mass is 289 g/mol. The second kappa shape index (κ2) is 8.38. The highest BCUT2D eigenvalue weighted by Gasteiger charge is 2.01. The lowest BCUT2D eigenvalue weighted by Crippen LogP contribution is -2.25. The van der Waals surface area contributed by atoms with Crippen molar-refractivity contribution in [2.24, 2.45) is 0 Å². The molecular weight excluding hydrogens is 270 g/mol. The molecule has 0 unspecified atom stereocenters. The minimum Gasteiger partial charge on any atom is -0.494 e. The molecule has 0 bridgehead atoms. The van der Waals surface area contributed by atoms with Crippen LogP contribution in [0.15, 0.2) is 47.8 Å². The Morgan fingerprint density at radius 3 is 2.75 bits per heavy atom. The Morgan fingerprint density at radius 2 is 2.00 bits per heavy atom. The highest BCUT2D eigenvalue weighted by Crippen LogP contribution is 2.09. The first kappa shape index (κ1) is 14.6. The molecule has 1 aromatic carbocycles. The van der Waals surface area contributed by atoms with Gasteiger partial charge in [0.05, 0.1) is 6.61 Å². The SMILES string of the molecule is O=C(CCCOc1ccccc1)NCCc1cccs1. The van der Waals surface area contributed by atoms with Crippen LogP contribution in [0, 0.1) is 0 Å². The van der Waals surface area contributed by atoms with Gasteiger partial charge in [-0.2, -0.15) is 0 Å². The number of amides is 1. The standard InChI is InChI=1S/C16H19NO2S/c18-16(17-11-10-15-8-5-13-20-15)9-4-12-19-14-6-2-1-3-7-14/h1-3,5-8,13H,4,9-12H2,(H,17,18). The van der Waals surface area contributed by atoms with E-state index in [1.54, 1.807) is 11.3 Å². The van der Waals surface area contributed by atoms with Crippen LogP contribution in [0.4, 0.5) is 0 Å². The quantitative estimate of drug-likeness (QED) is 0.757. The van der Waals surface area contributed by atoms with Gasteiger partial charge in [0.1, 0.15) is 5.75 Å². The van der Waals surface area contributed by atoms with Crippen LogP contribution in [0.1, 0.15) is 17.7 Å². The summed E-state index contributed by atoms with van der Waals surface area (Å²) < 4.78 is 5.54. The minimum absolute atomic E-state index is 0.0956. The van der Waals surface area contributed by atoms with E-state index in [1.165, 1.54) is 4.88 Å². The molecule has 106 valence electrons. The van der Waals surface area contributed by atoms with Crippen LogP contribution in [-0.4, -0.2) is 19.1 Å². The number of hydrogen-bond donors (Lipinski definition) is 1. The normalized spacial score (nSPS) is 10.2. The molecule has 4 heteroatoms. The summed E-state index contributed by atoms with van der Waals surface area (Å²) in [6.45, 7) is 1.28. The average Bonchev–Trinajstić information content (AvgIpc) is 2.98. The Bertz CT molecular complexity index is 496. The summed E-state index contributed by atoms with van der Waals surface area (Å²) in [5, 5.41) is 4.99. The van der Waals surface area contributed by atoms with Gasteiger partial charge in [-0.1, -0.05) is 24.3 Å². The zero-order valence-corrected chi connectivity index (χ0v) is 12.2. The molecule has 0 saturated carbocycles. The molecule has 0 saturated heterocycles. The molecule has 1 N–H and O–H groups in total. The Balaban J connectivity index is 1.52. The third kappa shape index (κ3) is 5.45. The molecular formula is C16H19NO2S. The molecule has 0 atom stereocenters. The maximum atomic E-state index is 11.6. The number of benzene rings is 1. The fourth-order valence-corrected chi connectivity index (χ4v) is 2.52. The van der Waals surface area contributed by atoms with E-state index >= 15 is 0 Å². The fraction of sp³-hybridized carbons (Fsp3) is 0.312. The molecule has 1 aromatic heterocycles. The van der Waals surface area contributed by atoms with Gasteiger partial charge in [0.15, 0.2) is 0 Å². The van der Waals surface area contributed by atoms with Crippen molar-refractivity contribution in [3.05, 3.63) is 52.7 Å². The van der Waals surface area contributed by atoms with Crippen LogP contribution < -0.4 is 10.1 Å². The highest BCUT2D eigenvalue weighted by molar-refractivity contribution is 7.09. The molecule has 1 heterocycles. The number of ether oxygens (including phenoxy) is 1. The van der Waals surface area contributed by atoms with Crippen LogP contribution >= 0.6 is 11.3 Å². The number of hydrogen-bond acceptors (Lipinski definition) is 3. The molecule has 2 rings (SSSR count). The van der Waals surface area contributed by atoms with Gasteiger partial charge >= 0.3 is 0 Å². The summed E-state index contributed by atoms with van der Waals surface area (Å²) >= 11 is 1.72. The van der Waals surface area contributed by atoms with Gasteiger partial charge in [-0.3, -0.25) is 4.79 Å². The molecule has 0 aliphatic heterocycles. The highest BCUT2D eigenvalue weighted by atomic mass is 32.1. The van der Waals surface area contributed by atoms with Gasteiger partial charge in [-0.15, -0.1) is 11.3 Å². The first-order chi connectivity index (χ1) is 9.84. The Hall–Kier alpha value is -1.81. The zero-order valence-electron chi connectivity index (χ0n) is 11.4. The second-order valence-electron chi connectivity index (χ2n) is 4.44. The lowest BCUT2D eigenvalue weighted by atomic mass is 10.3. The Labute approximate surface area is 123 Å². The third-order valence-corrected chi connectivity index (χ3v) is 3.77. The van der Waals surface area contributed by atoms with Crippen LogP contribution in [0.2, 0.25) is 0 Å². The smallest absolute Gasteiger partial charge is 0.220 e. The van der Waals surface area contributed by atoms with Crippen LogP contribution in [0.25, 0.3) is 0 Å². The molecule has 1 amide bonds. The van der Waals surface area contributed by atoms with Crippen molar-refractivity contribution in [2.45, 2.75) is 19.3 Å². The summed E-state index contributed by atoms with van der Waals surface area (Å²) in [5.41, 5.74) is 0. The van der Waals surface area contributed by atoms with Gasteiger partial charge < -0.3 is 10.1 Å². The number of carbonyl (C=O) groups excluding carboxylic acids is 1. The molecule has 0 aliphatic carbocycles. The molecule has 20 heavy (non-hydrogen) atoms. The van der Waals surface area contributed by atoms with E-state index in [0.29, 0.717) is 19.6 Å². The van der Waals surface area contributed by atoms with Gasteiger partial charge in [-0.25, -0.2) is 0 Å². The van der Waals surface area contributed by atoms with E-state index in [9.17, 15) is 4.79 Å². The molecule has 3 nitrogen and oxygen atoms in total.